The van der Waals surface area contributed by atoms with Crippen molar-refractivity contribution in [3.63, 3.8) is 0 Å². The topological polar surface area (TPSA) is 86.8 Å². The lowest BCUT2D eigenvalue weighted by molar-refractivity contribution is -0.117. The molecule has 2 aromatic rings. The highest BCUT2D eigenvalue weighted by Gasteiger charge is 2.29. The summed E-state index contributed by atoms with van der Waals surface area (Å²) in [5, 5.41) is 2.84. The number of nitrogens with zero attached hydrogens (tertiary/aromatic N) is 2. The van der Waals surface area contributed by atoms with Gasteiger partial charge in [0.05, 0.1) is 21.8 Å². The van der Waals surface area contributed by atoms with Gasteiger partial charge in [0.15, 0.2) is 0 Å². The van der Waals surface area contributed by atoms with Crippen LogP contribution < -0.4 is 10.2 Å². The third-order valence-corrected chi connectivity index (χ3v) is 7.99. The van der Waals surface area contributed by atoms with E-state index in [-0.39, 0.29) is 16.4 Å². The van der Waals surface area contributed by atoms with Crippen LogP contribution in [0.2, 0.25) is 0 Å². The minimum absolute atomic E-state index is 0.0246. The van der Waals surface area contributed by atoms with Gasteiger partial charge >= 0.3 is 0 Å². The van der Waals surface area contributed by atoms with Crippen molar-refractivity contribution in [1.29, 1.82) is 0 Å². The summed E-state index contributed by atoms with van der Waals surface area (Å²) >= 11 is 3.36. The van der Waals surface area contributed by atoms with E-state index in [1.54, 1.807) is 29.2 Å². The van der Waals surface area contributed by atoms with Crippen LogP contribution in [-0.2, 0) is 14.8 Å². The summed E-state index contributed by atoms with van der Waals surface area (Å²) in [5.74, 6) is -0.420. The Balaban J connectivity index is 1.63. The molecule has 30 heavy (non-hydrogen) atoms. The van der Waals surface area contributed by atoms with Gasteiger partial charge in [0.25, 0.3) is 5.91 Å². The Kier molecular flexibility index (Phi) is 5.95. The van der Waals surface area contributed by atoms with Crippen molar-refractivity contribution in [3.05, 3.63) is 52.5 Å². The van der Waals surface area contributed by atoms with Crippen LogP contribution in [0.1, 0.15) is 36.0 Å². The molecular formula is C21H22BrN3O4S. The van der Waals surface area contributed by atoms with Crippen LogP contribution in [0.15, 0.2) is 51.8 Å². The zero-order valence-corrected chi connectivity index (χ0v) is 18.7. The summed E-state index contributed by atoms with van der Waals surface area (Å²) in [4.78, 5) is 26.9. The first kappa shape index (κ1) is 21.0. The number of benzene rings is 2. The second kappa shape index (κ2) is 8.49. The molecule has 0 radical (unpaired) electrons. The minimum Gasteiger partial charge on any atom is -0.320 e. The zero-order valence-electron chi connectivity index (χ0n) is 16.3. The molecule has 4 rings (SSSR count). The molecule has 7 nitrogen and oxygen atoms in total. The van der Waals surface area contributed by atoms with Crippen molar-refractivity contribution in [2.75, 3.05) is 29.9 Å². The summed E-state index contributed by atoms with van der Waals surface area (Å²) in [6.45, 7) is 1.60. The van der Waals surface area contributed by atoms with Gasteiger partial charge in [-0.1, -0.05) is 12.1 Å². The predicted molar refractivity (Wildman–Crippen MR) is 118 cm³/mol. The van der Waals surface area contributed by atoms with Crippen LogP contribution in [-0.4, -0.2) is 44.2 Å². The molecule has 2 aromatic carbocycles. The van der Waals surface area contributed by atoms with E-state index in [0.717, 1.165) is 19.3 Å². The molecule has 2 saturated heterocycles. The van der Waals surface area contributed by atoms with E-state index in [4.69, 9.17) is 0 Å². The maximum atomic E-state index is 13.0. The average Bonchev–Trinajstić information content (AvgIpc) is 3.41. The highest BCUT2D eigenvalue weighted by atomic mass is 79.9. The van der Waals surface area contributed by atoms with Crippen molar-refractivity contribution in [1.82, 2.24) is 4.31 Å². The smallest absolute Gasteiger partial charge is 0.256 e. The second-order valence-electron chi connectivity index (χ2n) is 7.37. The Hall–Kier alpha value is -2.23. The third-order valence-electron chi connectivity index (χ3n) is 5.40. The number of rotatable bonds is 5. The Morgan fingerprint density at radius 3 is 2.43 bits per heavy atom. The minimum atomic E-state index is -3.63. The molecule has 2 aliphatic heterocycles. The van der Waals surface area contributed by atoms with E-state index >= 15 is 0 Å². The number of hydrogen-bond donors (Lipinski definition) is 1. The van der Waals surface area contributed by atoms with Gasteiger partial charge in [0.2, 0.25) is 15.9 Å². The van der Waals surface area contributed by atoms with Crippen molar-refractivity contribution in [2.24, 2.45) is 0 Å². The van der Waals surface area contributed by atoms with Crippen molar-refractivity contribution < 1.29 is 18.0 Å². The number of amides is 2. The summed E-state index contributed by atoms with van der Waals surface area (Å²) in [5.41, 5.74) is 1.38. The number of nitrogens with one attached hydrogen (secondary N) is 1. The molecule has 0 spiro atoms. The van der Waals surface area contributed by atoms with E-state index in [1.807, 2.05) is 6.07 Å². The fourth-order valence-corrected chi connectivity index (χ4v) is 5.79. The van der Waals surface area contributed by atoms with Gasteiger partial charge in [-0.25, -0.2) is 8.42 Å². The van der Waals surface area contributed by atoms with E-state index in [2.05, 4.69) is 21.2 Å². The molecule has 0 unspecified atom stereocenters. The fraction of sp³-hybridized carbons (Fsp3) is 0.333. The van der Waals surface area contributed by atoms with E-state index in [1.165, 1.54) is 16.4 Å². The normalized spacial score (nSPS) is 17.5. The number of carbonyl (C=O) groups excluding carboxylic acids is 2. The van der Waals surface area contributed by atoms with Crippen LogP contribution in [0.25, 0.3) is 0 Å². The van der Waals surface area contributed by atoms with Crippen LogP contribution in [0.3, 0.4) is 0 Å². The van der Waals surface area contributed by atoms with Crippen LogP contribution >= 0.6 is 15.9 Å². The summed E-state index contributed by atoms with van der Waals surface area (Å²) in [6.07, 6.45) is 2.96. The third kappa shape index (κ3) is 4.01. The average molecular weight is 492 g/mol. The Morgan fingerprint density at radius 1 is 1.00 bits per heavy atom. The van der Waals surface area contributed by atoms with Crippen LogP contribution in [0, 0.1) is 0 Å². The molecule has 158 valence electrons. The van der Waals surface area contributed by atoms with Gasteiger partial charge in [0, 0.05) is 30.5 Å². The molecule has 1 N–H and O–H groups in total. The predicted octanol–water partition coefficient (Wildman–Crippen LogP) is 3.61. The summed E-state index contributed by atoms with van der Waals surface area (Å²) < 4.78 is 27.7. The lowest BCUT2D eigenvalue weighted by atomic mass is 10.2. The van der Waals surface area contributed by atoms with Gasteiger partial charge in [-0.15, -0.1) is 0 Å². The molecule has 0 saturated carbocycles. The van der Waals surface area contributed by atoms with E-state index < -0.39 is 15.9 Å². The lowest BCUT2D eigenvalue weighted by Gasteiger charge is -2.20. The summed E-state index contributed by atoms with van der Waals surface area (Å²) in [7, 11) is -3.63. The van der Waals surface area contributed by atoms with Gasteiger partial charge in [-0.3, -0.25) is 9.59 Å². The zero-order chi connectivity index (χ0) is 21.3. The molecule has 0 aliphatic carbocycles. The SMILES string of the molecule is O=C(Nc1ccccc1N1CCCC1=O)c1cc(S(=O)(=O)N2CCCC2)ccc1Br. The molecule has 2 aliphatic rings. The first-order valence-electron chi connectivity index (χ1n) is 9.88. The maximum Gasteiger partial charge on any atom is 0.256 e. The molecule has 0 bridgehead atoms. The molecular weight excluding hydrogens is 470 g/mol. The molecule has 0 atom stereocenters. The van der Waals surface area contributed by atoms with Crippen molar-refractivity contribution in [3.8, 4) is 0 Å². The van der Waals surface area contributed by atoms with Gasteiger partial charge in [-0.05, 0) is 65.5 Å². The lowest BCUT2D eigenvalue weighted by Crippen LogP contribution is -2.28. The maximum absolute atomic E-state index is 13.0. The van der Waals surface area contributed by atoms with Crippen molar-refractivity contribution >= 4 is 49.1 Å². The van der Waals surface area contributed by atoms with Crippen LogP contribution in [0.4, 0.5) is 11.4 Å². The largest absolute Gasteiger partial charge is 0.320 e. The number of halogens is 1. The quantitative estimate of drug-likeness (QED) is 0.691. The van der Waals surface area contributed by atoms with Gasteiger partial charge in [0.1, 0.15) is 0 Å². The summed E-state index contributed by atoms with van der Waals surface area (Å²) in [6, 6.07) is 11.6. The van der Waals surface area contributed by atoms with E-state index in [0.29, 0.717) is 41.9 Å². The molecule has 2 heterocycles. The molecule has 0 aromatic heterocycles. The van der Waals surface area contributed by atoms with Gasteiger partial charge < -0.3 is 10.2 Å². The number of hydrogen-bond acceptors (Lipinski definition) is 4. The number of sulfonamides is 1. The Bertz CT molecular complexity index is 1100. The standard InChI is InChI=1S/C21H22BrN3O4S/c22-17-10-9-15(30(28,29)24-11-3-4-12-24)14-16(17)21(27)23-18-6-1-2-7-19(18)25-13-5-8-20(25)26/h1-2,6-7,9-10,14H,3-5,8,11-13H2,(H,23,27). The van der Waals surface area contributed by atoms with E-state index in [9.17, 15) is 18.0 Å². The first-order valence-corrected chi connectivity index (χ1v) is 12.1. The Labute approximate surface area is 184 Å². The first-order chi connectivity index (χ1) is 14.4. The molecule has 2 fully saturated rings. The molecule has 2 amide bonds. The molecule has 9 heteroatoms. The number of carbonyl (C=O) groups is 2. The fourth-order valence-electron chi connectivity index (χ4n) is 3.82. The number of anilines is 2. The van der Waals surface area contributed by atoms with Gasteiger partial charge in [-0.2, -0.15) is 4.31 Å². The highest BCUT2D eigenvalue weighted by molar-refractivity contribution is 9.10. The highest BCUT2D eigenvalue weighted by Crippen LogP contribution is 2.31. The Morgan fingerprint density at radius 2 is 1.73 bits per heavy atom. The van der Waals surface area contributed by atoms with Crippen LogP contribution in [0.5, 0.6) is 0 Å². The monoisotopic (exact) mass is 491 g/mol. The van der Waals surface area contributed by atoms with Crippen molar-refractivity contribution in [2.45, 2.75) is 30.6 Å². The number of para-hydroxylation sites is 2. The second-order valence-corrected chi connectivity index (χ2v) is 10.2.